The Kier molecular flexibility index (Phi) is 10.6. The summed E-state index contributed by atoms with van der Waals surface area (Å²) in [4.78, 5) is 10.7. The lowest BCUT2D eigenvalue weighted by Crippen LogP contribution is -2.09. The van der Waals surface area contributed by atoms with E-state index in [-0.39, 0.29) is 6.04 Å². The number of methoxy groups -OCH3 is 1. The van der Waals surface area contributed by atoms with Crippen molar-refractivity contribution in [3.8, 4) is 22.6 Å². The lowest BCUT2D eigenvalue weighted by atomic mass is 9.89. The molecule has 0 aliphatic rings. The third-order valence-electron chi connectivity index (χ3n) is 7.27. The van der Waals surface area contributed by atoms with Gasteiger partial charge in [0.25, 0.3) is 0 Å². The van der Waals surface area contributed by atoms with Gasteiger partial charge in [0, 0.05) is 22.9 Å². The molecule has 0 bridgehead atoms. The number of nitrogens with zero attached hydrogens (tertiary/aromatic N) is 2. The van der Waals surface area contributed by atoms with Gasteiger partial charge in [0.1, 0.15) is 11.6 Å². The molecule has 0 aliphatic carbocycles. The van der Waals surface area contributed by atoms with E-state index >= 15 is 0 Å². The molecule has 2 aromatic heterocycles. The molecule has 2 N–H and O–H groups in total. The molecule has 2 heterocycles. The van der Waals surface area contributed by atoms with Crippen molar-refractivity contribution in [2.24, 2.45) is 5.41 Å². The van der Waals surface area contributed by atoms with Gasteiger partial charge in [-0.2, -0.15) is 0 Å². The zero-order valence-electron chi connectivity index (χ0n) is 25.8. The minimum absolute atomic E-state index is 0.0721. The number of unbranched alkanes of at least 4 members (excludes halogenated alkanes) is 3. The second-order valence-electron chi connectivity index (χ2n) is 12.0. The van der Waals surface area contributed by atoms with Crippen molar-refractivity contribution in [1.82, 2.24) is 15.3 Å². The number of aryl methyl sites for hydroxylation is 1. The molecule has 0 saturated carbocycles. The van der Waals surface area contributed by atoms with E-state index in [4.69, 9.17) is 19.4 Å². The van der Waals surface area contributed by atoms with Gasteiger partial charge in [-0.05, 0) is 73.4 Å². The minimum Gasteiger partial charge on any atom is -0.493 e. The van der Waals surface area contributed by atoms with Gasteiger partial charge in [0.15, 0.2) is 11.5 Å². The van der Waals surface area contributed by atoms with Crippen LogP contribution >= 0.6 is 11.3 Å². The van der Waals surface area contributed by atoms with Crippen LogP contribution in [0.25, 0.3) is 22.0 Å². The lowest BCUT2D eigenvalue weighted by Gasteiger charge is -2.18. The van der Waals surface area contributed by atoms with Crippen LogP contribution in [0.3, 0.4) is 0 Å². The highest BCUT2D eigenvalue weighted by molar-refractivity contribution is 7.10. The molecule has 4 aromatic rings. The Morgan fingerprint density at radius 1 is 0.976 bits per heavy atom. The molecule has 0 amide bonds. The van der Waals surface area contributed by atoms with E-state index in [1.807, 2.05) is 26.1 Å². The molecule has 41 heavy (non-hydrogen) atoms. The van der Waals surface area contributed by atoms with Crippen molar-refractivity contribution < 1.29 is 9.47 Å². The number of hydrogen-bond acceptors (Lipinski definition) is 7. The molecule has 2 aromatic carbocycles. The number of hydrogen-bond donors (Lipinski definition) is 2. The van der Waals surface area contributed by atoms with Crippen molar-refractivity contribution in [2.75, 3.05) is 26.1 Å². The monoisotopic (exact) mass is 574 g/mol. The highest BCUT2D eigenvalue weighted by Crippen LogP contribution is 2.37. The first-order valence-corrected chi connectivity index (χ1v) is 15.6. The number of thiophene rings is 1. The minimum atomic E-state index is 0.0721. The molecule has 0 aliphatic heterocycles. The molecule has 1 unspecified atom stereocenters. The third kappa shape index (κ3) is 8.43. The Hall–Kier alpha value is -3.16. The number of rotatable bonds is 14. The van der Waals surface area contributed by atoms with Gasteiger partial charge >= 0.3 is 0 Å². The van der Waals surface area contributed by atoms with Crippen LogP contribution in [-0.4, -0.2) is 30.7 Å². The zero-order chi connectivity index (χ0) is 29.4. The fourth-order valence-corrected chi connectivity index (χ4v) is 5.99. The van der Waals surface area contributed by atoms with E-state index in [2.05, 4.69) is 74.0 Å². The van der Waals surface area contributed by atoms with E-state index in [1.165, 1.54) is 47.3 Å². The van der Waals surface area contributed by atoms with E-state index in [0.717, 1.165) is 41.3 Å². The number of nitrogens with one attached hydrogen (secondary N) is 2. The summed E-state index contributed by atoms with van der Waals surface area (Å²) >= 11 is 1.76. The van der Waals surface area contributed by atoms with E-state index < -0.39 is 0 Å². The Morgan fingerprint density at radius 3 is 2.51 bits per heavy atom. The van der Waals surface area contributed by atoms with Crippen molar-refractivity contribution in [2.45, 2.75) is 79.3 Å². The summed E-state index contributed by atoms with van der Waals surface area (Å²) in [5.74, 6) is 2.95. The number of ether oxygens (including phenoxy) is 2. The standard InChI is InChI=1S/C34H46N4O2S/c1-23(32-18-26(22-41-32)27-15-11-10-14-25(27)21-35-6)36-33-28-19-30(39-7)31(20-29(28)37-24(2)38-33)40-17-13-9-8-12-16-34(3,4)5/h10-11,14-15,18-20,22-23,35H,8-9,12-13,16-17,21H2,1-7H3,(H,36,37,38). The van der Waals surface area contributed by atoms with Crippen LogP contribution in [0, 0.1) is 12.3 Å². The van der Waals surface area contributed by atoms with Crippen molar-refractivity contribution in [3.05, 3.63) is 64.1 Å². The number of aromatic nitrogens is 2. The molecule has 0 radical (unpaired) electrons. The van der Waals surface area contributed by atoms with Gasteiger partial charge < -0.3 is 20.1 Å². The van der Waals surface area contributed by atoms with Gasteiger partial charge in [0.2, 0.25) is 0 Å². The first-order valence-electron chi connectivity index (χ1n) is 14.8. The average Bonchev–Trinajstić information content (AvgIpc) is 3.42. The summed E-state index contributed by atoms with van der Waals surface area (Å²) in [5, 5.41) is 10.1. The topological polar surface area (TPSA) is 68.3 Å². The van der Waals surface area contributed by atoms with Crippen LogP contribution in [0.15, 0.2) is 47.8 Å². The molecule has 0 fully saturated rings. The van der Waals surface area contributed by atoms with Gasteiger partial charge in [-0.3, -0.25) is 0 Å². The maximum atomic E-state index is 6.18. The first kappa shape index (κ1) is 30.8. The summed E-state index contributed by atoms with van der Waals surface area (Å²) in [6.45, 7) is 12.5. The van der Waals surface area contributed by atoms with Gasteiger partial charge in [0.05, 0.1) is 25.3 Å². The van der Waals surface area contributed by atoms with Crippen molar-refractivity contribution in [3.63, 3.8) is 0 Å². The quantitative estimate of drug-likeness (QED) is 0.147. The molecule has 1 atom stereocenters. The molecular weight excluding hydrogens is 528 g/mol. The summed E-state index contributed by atoms with van der Waals surface area (Å²) in [5.41, 5.74) is 5.06. The average molecular weight is 575 g/mol. The molecule has 4 rings (SSSR count). The second-order valence-corrected chi connectivity index (χ2v) is 12.9. The lowest BCUT2D eigenvalue weighted by molar-refractivity contribution is 0.282. The molecular formula is C34H46N4O2S. The zero-order valence-corrected chi connectivity index (χ0v) is 26.6. The van der Waals surface area contributed by atoms with Crippen LogP contribution in [0.2, 0.25) is 0 Å². The first-order chi connectivity index (χ1) is 19.7. The van der Waals surface area contributed by atoms with Crippen LogP contribution in [0.5, 0.6) is 11.5 Å². The summed E-state index contributed by atoms with van der Waals surface area (Å²) in [7, 11) is 3.67. The normalized spacial score (nSPS) is 12.5. The predicted molar refractivity (Wildman–Crippen MR) is 173 cm³/mol. The van der Waals surface area contributed by atoms with Crippen LogP contribution in [-0.2, 0) is 6.54 Å². The van der Waals surface area contributed by atoms with Gasteiger partial charge in [-0.25, -0.2) is 9.97 Å². The molecule has 220 valence electrons. The molecule has 6 nitrogen and oxygen atoms in total. The molecule has 0 spiro atoms. The summed E-state index contributed by atoms with van der Waals surface area (Å²) < 4.78 is 11.9. The number of anilines is 1. The Morgan fingerprint density at radius 2 is 1.76 bits per heavy atom. The Labute approximate surface area is 249 Å². The van der Waals surface area contributed by atoms with Gasteiger partial charge in [-0.15, -0.1) is 11.3 Å². The van der Waals surface area contributed by atoms with Crippen LogP contribution < -0.4 is 20.1 Å². The Bertz CT molecular complexity index is 1430. The largest absolute Gasteiger partial charge is 0.493 e. The highest BCUT2D eigenvalue weighted by Gasteiger charge is 2.17. The maximum Gasteiger partial charge on any atom is 0.163 e. The third-order valence-corrected chi connectivity index (χ3v) is 8.38. The summed E-state index contributed by atoms with van der Waals surface area (Å²) in [6, 6.07) is 14.9. The smallest absolute Gasteiger partial charge is 0.163 e. The maximum absolute atomic E-state index is 6.18. The predicted octanol–water partition coefficient (Wildman–Crippen LogP) is 8.94. The highest BCUT2D eigenvalue weighted by atomic mass is 32.1. The second kappa shape index (κ2) is 14.1. The number of fused-ring (bicyclic) bond motifs is 1. The van der Waals surface area contributed by atoms with E-state index in [0.29, 0.717) is 17.8 Å². The van der Waals surface area contributed by atoms with E-state index in [1.54, 1.807) is 18.4 Å². The fraction of sp³-hybridized carbons (Fsp3) is 0.471. The molecule has 7 heteroatoms. The van der Waals surface area contributed by atoms with Crippen molar-refractivity contribution in [1.29, 1.82) is 0 Å². The van der Waals surface area contributed by atoms with Crippen LogP contribution in [0.4, 0.5) is 5.82 Å². The SMILES string of the molecule is CNCc1ccccc1-c1csc(C(C)Nc2nc(C)nc3cc(OCCCCCCC(C)(C)C)c(OC)cc23)c1. The van der Waals surface area contributed by atoms with E-state index in [9.17, 15) is 0 Å². The van der Waals surface area contributed by atoms with Crippen molar-refractivity contribution >= 4 is 28.1 Å². The summed E-state index contributed by atoms with van der Waals surface area (Å²) in [6.07, 6.45) is 5.97. The van der Waals surface area contributed by atoms with Crippen LogP contribution in [0.1, 0.15) is 82.1 Å². The molecule has 0 saturated heterocycles. The van der Waals surface area contributed by atoms with Gasteiger partial charge in [-0.1, -0.05) is 64.3 Å². The Balaban J connectivity index is 1.47. The number of benzene rings is 2. The fourth-order valence-electron chi connectivity index (χ4n) is 5.07.